The van der Waals surface area contributed by atoms with E-state index >= 15 is 0 Å². The molecule has 0 unspecified atom stereocenters. The predicted molar refractivity (Wildman–Crippen MR) is 210 cm³/mol. The lowest BCUT2D eigenvalue weighted by Crippen LogP contribution is -2.34. The van der Waals surface area contributed by atoms with Crippen molar-refractivity contribution in [1.29, 1.82) is 0 Å². The number of esters is 1. The number of carbonyl (C=O) groups excluding carboxylic acids is 3. The molecule has 1 amide bonds. The maximum absolute atomic E-state index is 13.7. The molecule has 1 aliphatic rings. The second-order valence-corrected chi connectivity index (χ2v) is 15.0. The van der Waals surface area contributed by atoms with Crippen LogP contribution >= 0.6 is 0 Å². The molecule has 57 heavy (non-hydrogen) atoms. The van der Waals surface area contributed by atoms with Gasteiger partial charge < -0.3 is 38.5 Å². The van der Waals surface area contributed by atoms with Gasteiger partial charge in [-0.3, -0.25) is 13.9 Å². The quantitative estimate of drug-likeness (QED) is 0.0315. The van der Waals surface area contributed by atoms with Crippen LogP contribution in [0.2, 0.25) is 0 Å². The van der Waals surface area contributed by atoms with E-state index in [-0.39, 0.29) is 56.3 Å². The number of nitrogens with zero attached hydrogens (tertiary/aromatic N) is 1. The van der Waals surface area contributed by atoms with Crippen molar-refractivity contribution in [2.24, 2.45) is 0 Å². The van der Waals surface area contributed by atoms with E-state index in [4.69, 9.17) is 23.4 Å². The molecule has 1 aliphatic carbocycles. The number of amides is 1. The lowest BCUT2D eigenvalue weighted by molar-refractivity contribution is -0.151. The van der Waals surface area contributed by atoms with Gasteiger partial charge in [-0.25, -0.2) is 17.6 Å². The molecule has 0 aliphatic heterocycles. The van der Waals surface area contributed by atoms with Crippen molar-refractivity contribution in [3.8, 4) is 11.3 Å². The number of halogens is 1. The zero-order chi connectivity index (χ0) is 41.0. The Morgan fingerprint density at radius 3 is 2.11 bits per heavy atom. The van der Waals surface area contributed by atoms with E-state index in [0.29, 0.717) is 66.4 Å². The molecule has 1 aromatic heterocycles. The lowest BCUT2D eigenvalue weighted by Gasteiger charge is -2.25. The first kappa shape index (κ1) is 43.0. The Morgan fingerprint density at radius 1 is 0.912 bits per heavy atom. The second kappa shape index (κ2) is 20.3. The maximum atomic E-state index is 13.7. The molecule has 0 radical (unpaired) electrons. The van der Waals surface area contributed by atoms with Gasteiger partial charge in [-0.1, -0.05) is 24.3 Å². The SMILES string of the molecule is CCOC(=O)C(=O)/C=C(\O)c1ccc(COCCOCCOCCOCCN(c2cc3oc(-c4ccc(F)cc4)c(C(=O)NC)c3cc2C2CC2)S(C)(=O)=O)cc1. The van der Waals surface area contributed by atoms with Gasteiger partial charge in [-0.15, -0.1) is 0 Å². The van der Waals surface area contributed by atoms with Gasteiger partial charge in [0.25, 0.3) is 11.7 Å². The minimum absolute atomic E-state index is 0.0444. The van der Waals surface area contributed by atoms with Gasteiger partial charge in [0.1, 0.15) is 22.9 Å². The van der Waals surface area contributed by atoms with Crippen LogP contribution in [-0.2, 0) is 49.9 Å². The molecular weight excluding hydrogens is 764 g/mol. The highest BCUT2D eigenvalue weighted by Crippen LogP contribution is 2.48. The van der Waals surface area contributed by atoms with Crippen LogP contribution in [0, 0.1) is 5.82 Å². The summed E-state index contributed by atoms with van der Waals surface area (Å²) in [5.74, 6) is -2.73. The van der Waals surface area contributed by atoms with Gasteiger partial charge in [-0.2, -0.15) is 0 Å². The van der Waals surface area contributed by atoms with E-state index in [1.807, 2.05) is 6.07 Å². The number of aliphatic hydroxyl groups is 1. The fraction of sp³-hybridized carbons (Fsp3) is 0.390. The number of hydrogen-bond donors (Lipinski definition) is 2. The molecule has 5 rings (SSSR count). The number of ether oxygens (including phenoxy) is 5. The van der Waals surface area contributed by atoms with Gasteiger partial charge in [0.2, 0.25) is 10.0 Å². The molecule has 4 aromatic rings. The van der Waals surface area contributed by atoms with Crippen LogP contribution in [0.4, 0.5) is 10.1 Å². The number of rotatable bonds is 23. The lowest BCUT2D eigenvalue weighted by atomic mass is 10.0. The van der Waals surface area contributed by atoms with Crippen molar-refractivity contribution in [2.45, 2.75) is 32.3 Å². The highest BCUT2D eigenvalue weighted by atomic mass is 32.2. The third-order valence-corrected chi connectivity index (χ3v) is 10.1. The summed E-state index contributed by atoms with van der Waals surface area (Å²) >= 11 is 0. The van der Waals surface area contributed by atoms with Crippen LogP contribution in [0.3, 0.4) is 0 Å². The molecule has 16 heteroatoms. The fourth-order valence-electron chi connectivity index (χ4n) is 5.94. The Morgan fingerprint density at radius 2 is 1.53 bits per heavy atom. The number of furan rings is 1. The minimum atomic E-state index is -3.74. The first-order chi connectivity index (χ1) is 27.4. The summed E-state index contributed by atoms with van der Waals surface area (Å²) in [4.78, 5) is 36.2. The number of fused-ring (bicyclic) bond motifs is 1. The molecule has 0 spiro atoms. The molecule has 0 bridgehead atoms. The summed E-state index contributed by atoms with van der Waals surface area (Å²) in [6.45, 7) is 3.93. The van der Waals surface area contributed by atoms with Crippen LogP contribution in [0.5, 0.6) is 0 Å². The van der Waals surface area contributed by atoms with Crippen LogP contribution in [0.15, 0.2) is 71.2 Å². The zero-order valence-electron chi connectivity index (χ0n) is 32.1. The molecule has 2 N–H and O–H groups in total. The molecule has 1 saturated carbocycles. The number of hydrogen-bond acceptors (Lipinski definition) is 12. The van der Waals surface area contributed by atoms with Crippen molar-refractivity contribution in [2.75, 3.05) is 77.0 Å². The van der Waals surface area contributed by atoms with E-state index < -0.39 is 27.6 Å². The van der Waals surface area contributed by atoms with Gasteiger partial charge in [0.05, 0.1) is 83.5 Å². The van der Waals surface area contributed by atoms with Crippen molar-refractivity contribution >= 4 is 50.1 Å². The highest BCUT2D eigenvalue weighted by Gasteiger charge is 2.33. The standard InChI is InChI=1S/C41H47FN2O12S/c1-4-55-41(48)36(46)25-35(45)29-7-5-27(6-8-29)26-54-22-21-53-20-19-52-18-17-51-16-15-44(57(3,49)50)34-24-37-33(23-32(34)28-9-10-28)38(40(47)43-2)39(56-37)30-11-13-31(42)14-12-30/h5-8,11-14,23-25,28,45H,4,9-10,15-22,26H2,1-3H3,(H,43,47)/b35-25-. The molecule has 0 saturated heterocycles. The molecule has 1 heterocycles. The van der Waals surface area contributed by atoms with E-state index in [1.165, 1.54) is 35.6 Å². The summed E-state index contributed by atoms with van der Waals surface area (Å²) in [7, 11) is -2.23. The average molecular weight is 811 g/mol. The molecule has 0 atom stereocenters. The maximum Gasteiger partial charge on any atom is 0.379 e. The third kappa shape index (κ3) is 11.9. The van der Waals surface area contributed by atoms with Gasteiger partial charge in [0.15, 0.2) is 0 Å². The number of carbonyl (C=O) groups is 3. The van der Waals surface area contributed by atoms with Crippen molar-refractivity contribution in [1.82, 2.24) is 5.32 Å². The largest absolute Gasteiger partial charge is 0.507 e. The topological polar surface area (TPSA) is 180 Å². The highest BCUT2D eigenvalue weighted by molar-refractivity contribution is 7.92. The second-order valence-electron chi connectivity index (χ2n) is 13.1. The van der Waals surface area contributed by atoms with E-state index in [1.54, 1.807) is 37.3 Å². The van der Waals surface area contributed by atoms with Crippen LogP contribution in [0.25, 0.3) is 28.1 Å². The number of ketones is 1. The summed E-state index contributed by atoms with van der Waals surface area (Å²) < 4.78 is 74.5. The molecule has 1 fully saturated rings. The Kier molecular flexibility index (Phi) is 15.3. The van der Waals surface area contributed by atoms with E-state index in [0.717, 1.165) is 36.3 Å². The van der Waals surface area contributed by atoms with Crippen molar-refractivity contribution < 1.29 is 60.4 Å². The van der Waals surface area contributed by atoms with Crippen LogP contribution < -0.4 is 9.62 Å². The summed E-state index contributed by atoms with van der Waals surface area (Å²) in [5, 5.41) is 13.3. The Bertz CT molecular complexity index is 2150. The summed E-state index contributed by atoms with van der Waals surface area (Å²) in [6.07, 6.45) is 3.72. The van der Waals surface area contributed by atoms with Crippen LogP contribution in [-0.4, -0.2) is 104 Å². The average Bonchev–Trinajstić information content (AvgIpc) is 3.97. The van der Waals surface area contributed by atoms with Gasteiger partial charge in [-0.05, 0) is 67.1 Å². The van der Waals surface area contributed by atoms with E-state index in [2.05, 4.69) is 10.1 Å². The van der Waals surface area contributed by atoms with Gasteiger partial charge in [0, 0.05) is 35.7 Å². The number of benzene rings is 3. The normalized spacial score (nSPS) is 13.2. The Balaban J connectivity index is 1.04. The van der Waals surface area contributed by atoms with E-state index in [9.17, 15) is 32.3 Å². The van der Waals surface area contributed by atoms with Crippen molar-refractivity contribution in [3.05, 3.63) is 94.8 Å². The molecular formula is C41H47FN2O12S. The summed E-state index contributed by atoms with van der Waals surface area (Å²) in [6, 6.07) is 15.8. The minimum Gasteiger partial charge on any atom is -0.507 e. The first-order valence-corrected chi connectivity index (χ1v) is 20.3. The zero-order valence-corrected chi connectivity index (χ0v) is 32.9. The Hall–Kier alpha value is -5.13. The Labute approximate surface area is 330 Å². The fourth-order valence-corrected chi connectivity index (χ4v) is 6.87. The molecule has 3 aromatic carbocycles. The van der Waals surface area contributed by atoms with Crippen LogP contribution in [0.1, 0.15) is 52.7 Å². The number of aliphatic hydroxyl groups excluding tert-OH is 1. The molecule has 306 valence electrons. The number of anilines is 1. The summed E-state index contributed by atoms with van der Waals surface area (Å²) in [5.41, 5.74) is 3.60. The third-order valence-electron chi connectivity index (χ3n) is 8.90. The number of sulfonamides is 1. The van der Waals surface area contributed by atoms with Gasteiger partial charge >= 0.3 is 5.97 Å². The first-order valence-electron chi connectivity index (χ1n) is 18.5. The monoisotopic (exact) mass is 810 g/mol. The smallest absolute Gasteiger partial charge is 0.379 e. The molecule has 14 nitrogen and oxygen atoms in total. The van der Waals surface area contributed by atoms with Crippen molar-refractivity contribution in [3.63, 3.8) is 0 Å². The number of nitrogens with one attached hydrogen (secondary N) is 1. The predicted octanol–water partition coefficient (Wildman–Crippen LogP) is 5.54.